The summed E-state index contributed by atoms with van der Waals surface area (Å²) in [5.74, 6) is 0.916. The number of halogens is 1. The quantitative estimate of drug-likeness (QED) is 0.810. The molecule has 0 saturated heterocycles. The molecule has 0 aromatic heterocycles. The summed E-state index contributed by atoms with van der Waals surface area (Å²) in [5, 5.41) is 4.53. The fourth-order valence-electron chi connectivity index (χ4n) is 2.25. The Morgan fingerprint density at radius 1 is 1.31 bits per heavy atom. The van der Waals surface area contributed by atoms with Crippen molar-refractivity contribution in [1.29, 1.82) is 0 Å². The Kier molecular flexibility index (Phi) is 3.88. The summed E-state index contributed by atoms with van der Waals surface area (Å²) in [7, 11) is 0. The number of benzene rings is 1. The van der Waals surface area contributed by atoms with Gasteiger partial charge in [0.15, 0.2) is 0 Å². The molecule has 1 aliphatic rings. The van der Waals surface area contributed by atoms with E-state index in [9.17, 15) is 0 Å². The Hall–Kier alpha value is -0.530. The lowest BCUT2D eigenvalue weighted by Crippen LogP contribution is -2.32. The molecule has 1 aliphatic carbocycles. The van der Waals surface area contributed by atoms with Gasteiger partial charge >= 0.3 is 0 Å². The van der Waals surface area contributed by atoms with E-state index in [-0.39, 0.29) is 0 Å². The molecular formula is C14H20ClN. The molecule has 0 heterocycles. The third-order valence-corrected chi connectivity index (χ3v) is 3.72. The molecule has 2 atom stereocenters. The largest absolute Gasteiger partial charge is 0.307 e. The van der Waals surface area contributed by atoms with Gasteiger partial charge in [-0.2, -0.15) is 0 Å². The molecule has 0 aliphatic heterocycles. The fourth-order valence-corrected chi connectivity index (χ4v) is 2.38. The molecular weight excluding hydrogens is 218 g/mol. The standard InChI is InChI=1S/C14H20ClN/c1-3-14(12-4-5-12)16-10(2)11-6-8-13(15)9-7-11/h6-10,12,14,16H,3-5H2,1-2H3/t10-,14?/m0/s1. The Balaban J connectivity index is 1.95. The zero-order chi connectivity index (χ0) is 11.5. The van der Waals surface area contributed by atoms with E-state index in [2.05, 4.69) is 31.3 Å². The Morgan fingerprint density at radius 2 is 1.94 bits per heavy atom. The van der Waals surface area contributed by atoms with Crippen LogP contribution < -0.4 is 5.32 Å². The minimum atomic E-state index is 0.419. The number of rotatable bonds is 5. The van der Waals surface area contributed by atoms with Gasteiger partial charge in [-0.05, 0) is 49.8 Å². The van der Waals surface area contributed by atoms with E-state index in [4.69, 9.17) is 11.6 Å². The molecule has 1 saturated carbocycles. The van der Waals surface area contributed by atoms with Crippen molar-refractivity contribution < 1.29 is 0 Å². The second-order valence-electron chi connectivity index (χ2n) is 4.79. The highest BCUT2D eigenvalue weighted by Gasteiger charge is 2.30. The molecule has 0 amide bonds. The molecule has 88 valence electrons. The molecule has 1 unspecified atom stereocenters. The van der Waals surface area contributed by atoms with E-state index in [0.29, 0.717) is 12.1 Å². The van der Waals surface area contributed by atoms with Gasteiger partial charge in [-0.3, -0.25) is 0 Å². The normalized spacial score (nSPS) is 19.4. The van der Waals surface area contributed by atoms with Crippen LogP contribution in [0, 0.1) is 5.92 Å². The van der Waals surface area contributed by atoms with Crippen LogP contribution in [0.4, 0.5) is 0 Å². The van der Waals surface area contributed by atoms with Crippen LogP contribution in [0.3, 0.4) is 0 Å². The zero-order valence-corrected chi connectivity index (χ0v) is 10.8. The van der Waals surface area contributed by atoms with Gasteiger partial charge < -0.3 is 5.32 Å². The smallest absolute Gasteiger partial charge is 0.0406 e. The van der Waals surface area contributed by atoms with Gasteiger partial charge in [0.05, 0.1) is 0 Å². The van der Waals surface area contributed by atoms with Gasteiger partial charge in [0.2, 0.25) is 0 Å². The van der Waals surface area contributed by atoms with Gasteiger partial charge in [0, 0.05) is 17.1 Å². The van der Waals surface area contributed by atoms with Crippen LogP contribution in [0.5, 0.6) is 0 Å². The van der Waals surface area contributed by atoms with E-state index in [1.807, 2.05) is 12.1 Å². The first-order valence-electron chi connectivity index (χ1n) is 6.22. The SMILES string of the molecule is CCC(N[C@@H](C)c1ccc(Cl)cc1)C1CC1. The summed E-state index contributed by atoms with van der Waals surface area (Å²) >= 11 is 5.89. The second kappa shape index (κ2) is 5.20. The maximum atomic E-state index is 5.89. The molecule has 2 heteroatoms. The lowest BCUT2D eigenvalue weighted by atomic mass is 10.0. The molecule has 2 rings (SSSR count). The van der Waals surface area contributed by atoms with Crippen molar-refractivity contribution in [2.45, 2.75) is 45.2 Å². The highest BCUT2D eigenvalue weighted by molar-refractivity contribution is 6.30. The molecule has 1 nitrogen and oxygen atoms in total. The average molecular weight is 238 g/mol. The van der Waals surface area contributed by atoms with Crippen molar-refractivity contribution in [2.24, 2.45) is 5.92 Å². The van der Waals surface area contributed by atoms with Crippen LogP contribution in [0.2, 0.25) is 5.02 Å². The highest BCUT2D eigenvalue weighted by Crippen LogP contribution is 2.35. The molecule has 1 fully saturated rings. The van der Waals surface area contributed by atoms with Gasteiger partial charge in [-0.25, -0.2) is 0 Å². The Labute approximate surface area is 103 Å². The summed E-state index contributed by atoms with van der Waals surface area (Å²) in [6, 6.07) is 9.26. The third kappa shape index (κ3) is 2.99. The van der Waals surface area contributed by atoms with E-state index >= 15 is 0 Å². The van der Waals surface area contributed by atoms with Crippen LogP contribution in [0.1, 0.15) is 44.7 Å². The van der Waals surface area contributed by atoms with Gasteiger partial charge in [0.25, 0.3) is 0 Å². The van der Waals surface area contributed by atoms with E-state index in [0.717, 1.165) is 10.9 Å². The summed E-state index contributed by atoms with van der Waals surface area (Å²) in [6.07, 6.45) is 4.03. The maximum Gasteiger partial charge on any atom is 0.0406 e. The van der Waals surface area contributed by atoms with E-state index in [1.54, 1.807) is 0 Å². The lowest BCUT2D eigenvalue weighted by Gasteiger charge is -2.22. The topological polar surface area (TPSA) is 12.0 Å². The second-order valence-corrected chi connectivity index (χ2v) is 5.23. The molecule has 1 aromatic rings. The van der Waals surface area contributed by atoms with Crippen LogP contribution >= 0.6 is 11.6 Å². The van der Waals surface area contributed by atoms with Crippen LogP contribution in [0.15, 0.2) is 24.3 Å². The Morgan fingerprint density at radius 3 is 2.44 bits per heavy atom. The van der Waals surface area contributed by atoms with Crippen molar-refractivity contribution in [1.82, 2.24) is 5.32 Å². The lowest BCUT2D eigenvalue weighted by molar-refractivity contribution is 0.405. The number of hydrogen-bond donors (Lipinski definition) is 1. The van der Waals surface area contributed by atoms with E-state index < -0.39 is 0 Å². The van der Waals surface area contributed by atoms with Gasteiger partial charge in [0.1, 0.15) is 0 Å². The molecule has 0 spiro atoms. The van der Waals surface area contributed by atoms with E-state index in [1.165, 1.54) is 24.8 Å². The van der Waals surface area contributed by atoms with Gasteiger partial charge in [-0.15, -0.1) is 0 Å². The number of nitrogens with one attached hydrogen (secondary N) is 1. The first-order chi connectivity index (χ1) is 7.70. The minimum Gasteiger partial charge on any atom is -0.307 e. The zero-order valence-electron chi connectivity index (χ0n) is 10.0. The van der Waals surface area contributed by atoms with Crippen LogP contribution in [-0.4, -0.2) is 6.04 Å². The predicted molar refractivity (Wildman–Crippen MR) is 69.8 cm³/mol. The van der Waals surface area contributed by atoms with Crippen molar-refractivity contribution in [2.75, 3.05) is 0 Å². The monoisotopic (exact) mass is 237 g/mol. The molecule has 1 N–H and O–H groups in total. The summed E-state index contributed by atoms with van der Waals surface area (Å²) in [4.78, 5) is 0. The molecule has 0 bridgehead atoms. The van der Waals surface area contributed by atoms with Crippen LogP contribution in [-0.2, 0) is 0 Å². The average Bonchev–Trinajstić information content (AvgIpc) is 3.10. The first kappa shape index (κ1) is 11.9. The van der Waals surface area contributed by atoms with Crippen molar-refractivity contribution in [3.05, 3.63) is 34.9 Å². The van der Waals surface area contributed by atoms with Crippen molar-refractivity contribution in [3.63, 3.8) is 0 Å². The van der Waals surface area contributed by atoms with Crippen LogP contribution in [0.25, 0.3) is 0 Å². The third-order valence-electron chi connectivity index (χ3n) is 3.46. The first-order valence-corrected chi connectivity index (χ1v) is 6.60. The molecule has 16 heavy (non-hydrogen) atoms. The Bertz CT molecular complexity index is 329. The summed E-state index contributed by atoms with van der Waals surface area (Å²) < 4.78 is 0. The summed E-state index contributed by atoms with van der Waals surface area (Å²) in [6.45, 7) is 4.50. The molecule has 0 radical (unpaired) electrons. The predicted octanol–water partition coefficient (Wildman–Crippen LogP) is 4.18. The fraction of sp³-hybridized carbons (Fsp3) is 0.571. The maximum absolute atomic E-state index is 5.89. The minimum absolute atomic E-state index is 0.419. The van der Waals surface area contributed by atoms with Crippen molar-refractivity contribution in [3.8, 4) is 0 Å². The van der Waals surface area contributed by atoms with Gasteiger partial charge in [-0.1, -0.05) is 30.7 Å². The molecule has 1 aromatic carbocycles. The number of hydrogen-bond acceptors (Lipinski definition) is 1. The highest BCUT2D eigenvalue weighted by atomic mass is 35.5. The summed E-state index contributed by atoms with van der Waals surface area (Å²) in [5.41, 5.74) is 1.32. The van der Waals surface area contributed by atoms with Crippen molar-refractivity contribution >= 4 is 11.6 Å².